The molecule has 4 aliphatic heterocycles. The van der Waals surface area contributed by atoms with Gasteiger partial charge in [0.05, 0.1) is 18.3 Å². The summed E-state index contributed by atoms with van der Waals surface area (Å²) in [5.74, 6) is -7.72. The molecule has 358 valence electrons. The first kappa shape index (κ1) is 52.0. The molecule has 3 N–H and O–H groups in total. The highest BCUT2D eigenvalue weighted by Crippen LogP contribution is 2.44. The van der Waals surface area contributed by atoms with E-state index in [4.69, 9.17) is 18.9 Å². The lowest BCUT2D eigenvalue weighted by molar-refractivity contribution is -0.263. The number of Topliss-reactive ketones (excluding diaryl/α,β-unsaturated/α-hetero) is 3. The van der Waals surface area contributed by atoms with Gasteiger partial charge >= 0.3 is 5.97 Å². The molecule has 16 atom stereocenters. The molecule has 0 spiro atoms. The van der Waals surface area contributed by atoms with E-state index in [-0.39, 0.29) is 66.0 Å². The molecule has 1 unspecified atom stereocenters. The Morgan fingerprint density at radius 2 is 1.61 bits per heavy atom. The predicted molar refractivity (Wildman–Crippen MR) is 245 cm³/mol. The number of hydrogen-bond acceptors (Lipinski definition) is 13. The molecule has 4 heterocycles. The van der Waals surface area contributed by atoms with Crippen molar-refractivity contribution in [2.75, 3.05) is 27.0 Å². The molecule has 5 bridgehead atoms. The zero-order valence-corrected chi connectivity index (χ0v) is 40.3. The van der Waals surface area contributed by atoms with Gasteiger partial charge in [-0.1, -0.05) is 69.7 Å². The number of piperidine rings is 1. The van der Waals surface area contributed by atoms with E-state index in [0.717, 1.165) is 12.0 Å². The van der Waals surface area contributed by atoms with Crippen LogP contribution in [0, 0.1) is 41.4 Å². The molecule has 64 heavy (non-hydrogen) atoms. The third-order valence-electron chi connectivity index (χ3n) is 15.0. The van der Waals surface area contributed by atoms with Crippen molar-refractivity contribution < 1.29 is 58.2 Å². The minimum Gasteiger partial charge on any atom is -0.460 e. The molecule has 0 aromatic rings. The number of ketones is 3. The fraction of sp³-hybridized carbons (Fsp3) is 0.740. The first-order valence-corrected chi connectivity index (χ1v) is 24.8. The van der Waals surface area contributed by atoms with Gasteiger partial charge in [-0.3, -0.25) is 19.2 Å². The quantitative estimate of drug-likeness (QED) is 0.163. The second kappa shape index (κ2) is 23.2. The average molecular weight is 914 g/mol. The monoisotopic (exact) mass is 914 g/mol. The Morgan fingerprint density at radius 3 is 2.30 bits per heavy atom. The Kier molecular flexibility index (Phi) is 18.8. The van der Waals surface area contributed by atoms with Crippen LogP contribution in [0.15, 0.2) is 47.6 Å². The summed E-state index contributed by atoms with van der Waals surface area (Å²) in [5, 5.41) is 34.0. The van der Waals surface area contributed by atoms with Crippen molar-refractivity contribution in [2.24, 2.45) is 41.4 Å². The van der Waals surface area contributed by atoms with Gasteiger partial charge < -0.3 is 39.2 Å². The smallest absolute Gasteiger partial charge is 0.329 e. The molecule has 4 fully saturated rings. The number of carbonyl (C=O) groups excluding carboxylic acids is 5. The molecule has 0 radical (unpaired) electrons. The molecule has 1 aliphatic carbocycles. The SMILES string of the molecule is CO[C@@H]1C(=O)[C@H](C)C[C@H](C)/C=C/C=C/C=C(\C)[C@@H](SC)C[C@@H]2CC[C@@H](C)[C@@](O)(O2)C(=O)C(=O)N2CC[C@H]3C[C@H]2C(=O)O[C@@H](CC(=O)[C@H](C)/C=C(\C)[C@H]1O)C3C[C@@H]1CC[C@H](O)[C@H](OC)C1. The van der Waals surface area contributed by atoms with Gasteiger partial charge in [0.2, 0.25) is 5.79 Å². The lowest BCUT2D eigenvalue weighted by atomic mass is 9.71. The van der Waals surface area contributed by atoms with Crippen LogP contribution in [-0.2, 0) is 42.9 Å². The molecule has 5 rings (SSSR count). The zero-order valence-electron chi connectivity index (χ0n) is 39.5. The van der Waals surface area contributed by atoms with E-state index < -0.39 is 77.8 Å². The lowest BCUT2D eigenvalue weighted by Crippen LogP contribution is -2.61. The van der Waals surface area contributed by atoms with Crippen LogP contribution in [0.3, 0.4) is 0 Å². The third kappa shape index (κ3) is 12.3. The number of ether oxygens (including phenoxy) is 4. The number of allylic oxidation sites excluding steroid dienone is 6. The first-order chi connectivity index (χ1) is 30.3. The van der Waals surface area contributed by atoms with Crippen LogP contribution in [0.2, 0.25) is 0 Å². The highest BCUT2D eigenvalue weighted by atomic mass is 32.2. The van der Waals surface area contributed by atoms with Gasteiger partial charge in [0.1, 0.15) is 30.1 Å². The zero-order chi connectivity index (χ0) is 47.0. The maximum absolute atomic E-state index is 14.3. The summed E-state index contributed by atoms with van der Waals surface area (Å²) in [7, 11) is 2.97. The van der Waals surface area contributed by atoms with Gasteiger partial charge in [-0.2, -0.15) is 11.8 Å². The number of fused-ring (bicyclic) bond motifs is 5. The molecule has 0 aromatic carbocycles. The highest BCUT2D eigenvalue weighted by Gasteiger charge is 2.55. The molecular weight excluding hydrogens is 839 g/mol. The van der Waals surface area contributed by atoms with E-state index in [1.165, 1.54) is 12.0 Å². The number of hydrogen-bond donors (Lipinski definition) is 3. The van der Waals surface area contributed by atoms with Crippen LogP contribution >= 0.6 is 11.8 Å². The number of thioether (sulfide) groups is 1. The number of nitrogens with zero attached hydrogens (tertiary/aromatic N) is 1. The van der Waals surface area contributed by atoms with Crippen molar-refractivity contribution in [1.82, 2.24) is 4.90 Å². The van der Waals surface area contributed by atoms with Crippen LogP contribution in [0.5, 0.6) is 0 Å². The van der Waals surface area contributed by atoms with Crippen LogP contribution in [0.25, 0.3) is 0 Å². The number of carbonyl (C=O) groups is 5. The van der Waals surface area contributed by atoms with Crippen LogP contribution in [0.4, 0.5) is 0 Å². The Bertz CT molecular complexity index is 1790. The summed E-state index contributed by atoms with van der Waals surface area (Å²) >= 11 is 1.63. The fourth-order valence-corrected chi connectivity index (χ4v) is 11.7. The molecule has 1 saturated carbocycles. The average Bonchev–Trinajstić information content (AvgIpc) is 3.36. The number of aliphatic hydroxyl groups is 3. The predicted octanol–water partition coefficient (Wildman–Crippen LogP) is 6.12. The van der Waals surface area contributed by atoms with E-state index in [0.29, 0.717) is 56.9 Å². The highest BCUT2D eigenvalue weighted by molar-refractivity contribution is 7.99. The largest absolute Gasteiger partial charge is 0.460 e. The molecular formula is C50H75NO12S. The standard InChI is InChI=1S/C50H75NO12S/c1-28-13-11-10-12-14-29(2)43(64-9)26-36-17-15-33(6)50(59,63-36)47(56)48(57)51-20-19-35-25-38(51)49(58)62-41(37(35)23-34-16-18-39(52)42(24-34)60-7)27-40(53)30(3)22-32(5)45(55)46(61-8)44(54)31(4)21-28/h10-14,22,28,30-31,33-39,41-43,45-46,52,55,59H,15-21,23-27H2,1-9H3/b12-10+,13-11+,29-14+,32-22+/t28-,30-,31-,33-,34+,35+,36+,37?,38+,39+,41+,42-,43+,45-,46-,50-/m1/s1. The molecule has 5 aliphatic rings. The molecule has 0 aromatic heterocycles. The summed E-state index contributed by atoms with van der Waals surface area (Å²) in [6, 6.07) is -1.10. The van der Waals surface area contributed by atoms with Crippen molar-refractivity contribution in [3.05, 3.63) is 47.6 Å². The Morgan fingerprint density at radius 1 is 0.875 bits per heavy atom. The maximum atomic E-state index is 14.3. The summed E-state index contributed by atoms with van der Waals surface area (Å²) < 4.78 is 23.7. The topological polar surface area (TPSA) is 186 Å². The van der Waals surface area contributed by atoms with Gasteiger partial charge in [0.25, 0.3) is 11.7 Å². The Balaban J connectivity index is 1.49. The fourth-order valence-electron chi connectivity index (χ4n) is 10.8. The number of rotatable bonds is 5. The van der Waals surface area contributed by atoms with Gasteiger partial charge in [-0.25, -0.2) is 4.79 Å². The summed E-state index contributed by atoms with van der Waals surface area (Å²) in [6.45, 7) is 11.0. The summed E-state index contributed by atoms with van der Waals surface area (Å²) in [4.78, 5) is 71.9. The molecule has 13 nitrogen and oxygen atoms in total. The number of amides is 1. The minimum atomic E-state index is -2.38. The van der Waals surface area contributed by atoms with E-state index in [2.05, 4.69) is 0 Å². The second-order valence-electron chi connectivity index (χ2n) is 19.6. The summed E-state index contributed by atoms with van der Waals surface area (Å²) in [6.07, 6.45) is 13.9. The number of methoxy groups -OCH3 is 2. The number of aliphatic hydroxyl groups excluding tert-OH is 2. The first-order valence-electron chi connectivity index (χ1n) is 23.5. The second-order valence-corrected chi connectivity index (χ2v) is 20.6. The van der Waals surface area contributed by atoms with Crippen LogP contribution < -0.4 is 0 Å². The minimum absolute atomic E-state index is 0.00101. The maximum Gasteiger partial charge on any atom is 0.329 e. The van der Waals surface area contributed by atoms with E-state index in [9.17, 15) is 39.3 Å². The normalized spacial score (nSPS) is 43.2. The molecule has 14 heteroatoms. The Hall–Kier alpha value is -2.98. The lowest BCUT2D eigenvalue weighted by Gasteiger charge is -2.43. The Labute approximate surface area is 384 Å². The van der Waals surface area contributed by atoms with Gasteiger partial charge in [0.15, 0.2) is 5.78 Å². The number of esters is 1. The van der Waals surface area contributed by atoms with Gasteiger partial charge in [-0.15, -0.1) is 0 Å². The van der Waals surface area contributed by atoms with Crippen molar-refractivity contribution in [1.29, 1.82) is 0 Å². The van der Waals surface area contributed by atoms with E-state index in [1.54, 1.807) is 45.7 Å². The van der Waals surface area contributed by atoms with Crippen molar-refractivity contribution in [2.45, 2.75) is 166 Å². The van der Waals surface area contributed by atoms with Gasteiger partial charge in [-0.05, 0) is 114 Å². The van der Waals surface area contributed by atoms with E-state index >= 15 is 0 Å². The van der Waals surface area contributed by atoms with Crippen molar-refractivity contribution >= 4 is 41.0 Å². The van der Waals surface area contributed by atoms with Crippen LogP contribution in [0.1, 0.15) is 112 Å². The summed E-state index contributed by atoms with van der Waals surface area (Å²) in [5.41, 5.74) is 1.47. The van der Waals surface area contributed by atoms with Crippen LogP contribution in [-0.4, -0.2) is 130 Å². The van der Waals surface area contributed by atoms with Crippen molar-refractivity contribution in [3.63, 3.8) is 0 Å². The van der Waals surface area contributed by atoms with Gasteiger partial charge in [0, 0.05) is 50.2 Å². The van der Waals surface area contributed by atoms with E-state index in [1.807, 2.05) is 57.4 Å². The molecule has 1 amide bonds. The molecule has 3 saturated heterocycles. The third-order valence-corrected chi connectivity index (χ3v) is 16.1. The van der Waals surface area contributed by atoms with Crippen molar-refractivity contribution in [3.8, 4) is 0 Å².